The Kier molecular flexibility index (Phi) is 7.92. The molecule has 0 saturated carbocycles. The van der Waals surface area contributed by atoms with Gasteiger partial charge in [-0.25, -0.2) is 4.98 Å². The maximum atomic E-state index is 12.4. The molecule has 0 aliphatic carbocycles. The van der Waals surface area contributed by atoms with E-state index in [9.17, 15) is 9.59 Å². The Hall–Kier alpha value is -3.03. The highest BCUT2D eigenvalue weighted by Crippen LogP contribution is 2.17. The monoisotopic (exact) mass is 436 g/mol. The molecular formula is C24H28N4O2S. The summed E-state index contributed by atoms with van der Waals surface area (Å²) < 4.78 is 0. The first kappa shape index (κ1) is 22.7. The minimum absolute atomic E-state index is 0.0988. The molecule has 0 spiro atoms. The fourth-order valence-electron chi connectivity index (χ4n) is 2.96. The van der Waals surface area contributed by atoms with E-state index in [2.05, 4.69) is 47.5 Å². The predicted molar refractivity (Wildman–Crippen MR) is 125 cm³/mol. The second-order valence-corrected chi connectivity index (χ2v) is 8.55. The molecule has 31 heavy (non-hydrogen) atoms. The summed E-state index contributed by atoms with van der Waals surface area (Å²) >= 11 is 1.31. The van der Waals surface area contributed by atoms with Crippen LogP contribution in [0.1, 0.15) is 41.0 Å². The van der Waals surface area contributed by atoms with Gasteiger partial charge in [-0.1, -0.05) is 42.5 Å². The summed E-state index contributed by atoms with van der Waals surface area (Å²) in [4.78, 5) is 31.3. The van der Waals surface area contributed by atoms with Crippen LogP contribution in [-0.4, -0.2) is 34.8 Å². The van der Waals surface area contributed by atoms with Gasteiger partial charge in [0, 0.05) is 30.1 Å². The quantitative estimate of drug-likeness (QED) is 0.530. The Balaban J connectivity index is 1.53. The maximum Gasteiger partial charge on any atom is 0.257 e. The van der Waals surface area contributed by atoms with E-state index in [-0.39, 0.29) is 18.2 Å². The first-order valence-corrected chi connectivity index (χ1v) is 11.1. The van der Waals surface area contributed by atoms with Gasteiger partial charge in [0.05, 0.1) is 12.1 Å². The zero-order valence-electron chi connectivity index (χ0n) is 18.1. The van der Waals surface area contributed by atoms with Crippen molar-refractivity contribution >= 4 is 28.3 Å². The minimum Gasteiger partial charge on any atom is -0.352 e. The first-order valence-electron chi connectivity index (χ1n) is 10.3. The lowest BCUT2D eigenvalue weighted by molar-refractivity contribution is -0.120. The average molecular weight is 437 g/mol. The molecule has 0 atom stereocenters. The Morgan fingerprint density at radius 3 is 2.42 bits per heavy atom. The summed E-state index contributed by atoms with van der Waals surface area (Å²) in [6.07, 6.45) is 0.172. The Labute approximate surface area is 187 Å². The number of amides is 2. The van der Waals surface area contributed by atoms with E-state index in [0.29, 0.717) is 29.0 Å². The van der Waals surface area contributed by atoms with Crippen LogP contribution in [0.5, 0.6) is 0 Å². The fraction of sp³-hybridized carbons (Fsp3) is 0.292. The molecule has 3 aromatic rings. The van der Waals surface area contributed by atoms with Crippen LogP contribution in [0.4, 0.5) is 5.13 Å². The van der Waals surface area contributed by atoms with Crippen molar-refractivity contribution in [2.45, 2.75) is 39.4 Å². The van der Waals surface area contributed by atoms with Crippen LogP contribution < -0.4 is 10.6 Å². The summed E-state index contributed by atoms with van der Waals surface area (Å²) in [6, 6.07) is 17.6. The van der Waals surface area contributed by atoms with E-state index < -0.39 is 0 Å². The van der Waals surface area contributed by atoms with E-state index in [1.807, 2.05) is 36.4 Å². The van der Waals surface area contributed by atoms with E-state index in [1.165, 1.54) is 16.9 Å². The largest absolute Gasteiger partial charge is 0.352 e. The van der Waals surface area contributed by atoms with Crippen molar-refractivity contribution in [2.75, 3.05) is 12.4 Å². The van der Waals surface area contributed by atoms with Gasteiger partial charge in [0.15, 0.2) is 5.13 Å². The van der Waals surface area contributed by atoms with Crippen molar-refractivity contribution in [3.63, 3.8) is 0 Å². The molecule has 0 saturated heterocycles. The van der Waals surface area contributed by atoms with Crippen LogP contribution >= 0.6 is 11.3 Å². The average Bonchev–Trinajstić information content (AvgIpc) is 3.20. The molecule has 0 aliphatic rings. The van der Waals surface area contributed by atoms with Gasteiger partial charge in [-0.2, -0.15) is 0 Å². The van der Waals surface area contributed by atoms with Crippen LogP contribution in [0.15, 0.2) is 60.0 Å². The van der Waals surface area contributed by atoms with Crippen LogP contribution in [0.25, 0.3) is 0 Å². The van der Waals surface area contributed by atoms with Gasteiger partial charge in [0.1, 0.15) is 0 Å². The number of benzene rings is 2. The first-order chi connectivity index (χ1) is 14.9. The maximum absolute atomic E-state index is 12.4. The highest BCUT2D eigenvalue weighted by Gasteiger charge is 2.12. The number of hydrogen-bond donors (Lipinski definition) is 2. The molecule has 2 aromatic carbocycles. The number of carbonyl (C=O) groups excluding carboxylic acids is 2. The van der Waals surface area contributed by atoms with Gasteiger partial charge in [-0.05, 0) is 44.2 Å². The van der Waals surface area contributed by atoms with Crippen LogP contribution in [0.2, 0.25) is 0 Å². The molecule has 6 nitrogen and oxygen atoms in total. The molecule has 0 fully saturated rings. The molecule has 1 aromatic heterocycles. The second kappa shape index (κ2) is 10.8. The lowest BCUT2D eigenvalue weighted by Gasteiger charge is -2.22. The second-order valence-electron chi connectivity index (χ2n) is 7.70. The highest BCUT2D eigenvalue weighted by molar-refractivity contribution is 7.14. The molecular weight excluding hydrogens is 408 g/mol. The van der Waals surface area contributed by atoms with Gasteiger partial charge >= 0.3 is 0 Å². The number of anilines is 1. The van der Waals surface area contributed by atoms with E-state index in [1.54, 1.807) is 17.5 Å². The summed E-state index contributed by atoms with van der Waals surface area (Å²) in [5.41, 5.74) is 3.52. The minimum atomic E-state index is -0.214. The molecule has 7 heteroatoms. The lowest BCUT2D eigenvalue weighted by Crippen LogP contribution is -2.28. The fourth-order valence-corrected chi connectivity index (χ4v) is 3.67. The topological polar surface area (TPSA) is 74.3 Å². The van der Waals surface area contributed by atoms with Gasteiger partial charge in [0.2, 0.25) is 5.91 Å². The lowest BCUT2D eigenvalue weighted by atomic mass is 10.1. The molecule has 2 amide bonds. The number of rotatable bonds is 9. The van der Waals surface area contributed by atoms with E-state index in [4.69, 9.17) is 0 Å². The van der Waals surface area contributed by atoms with Gasteiger partial charge in [0.25, 0.3) is 5.91 Å². The normalized spacial score (nSPS) is 11.0. The van der Waals surface area contributed by atoms with Crippen molar-refractivity contribution in [3.05, 3.63) is 82.4 Å². The number of carbonyl (C=O) groups is 2. The third-order valence-electron chi connectivity index (χ3n) is 5.05. The van der Waals surface area contributed by atoms with Gasteiger partial charge in [-0.3, -0.25) is 19.8 Å². The van der Waals surface area contributed by atoms with Crippen LogP contribution in [0.3, 0.4) is 0 Å². The zero-order chi connectivity index (χ0) is 22.2. The zero-order valence-corrected chi connectivity index (χ0v) is 18.9. The highest BCUT2D eigenvalue weighted by atomic mass is 32.1. The van der Waals surface area contributed by atoms with Crippen molar-refractivity contribution in [1.82, 2.24) is 15.2 Å². The summed E-state index contributed by atoms with van der Waals surface area (Å²) in [5, 5.41) is 8.04. The number of hydrogen-bond acceptors (Lipinski definition) is 5. The van der Waals surface area contributed by atoms with E-state index in [0.717, 1.165) is 12.1 Å². The SMILES string of the molecule is CC(C)N(C)Cc1ccccc1CNC(=O)Cc1csc(NC(=O)c2ccccc2)n1. The smallest absolute Gasteiger partial charge is 0.257 e. The summed E-state index contributed by atoms with van der Waals surface area (Å²) in [7, 11) is 2.09. The molecule has 0 aliphatic heterocycles. The van der Waals surface area contributed by atoms with Crippen molar-refractivity contribution in [2.24, 2.45) is 0 Å². The van der Waals surface area contributed by atoms with Gasteiger partial charge < -0.3 is 5.32 Å². The summed E-state index contributed by atoms with van der Waals surface area (Å²) in [6.45, 7) is 5.63. The molecule has 2 N–H and O–H groups in total. The predicted octanol–water partition coefficient (Wildman–Crippen LogP) is 4.09. The Morgan fingerprint density at radius 1 is 1.03 bits per heavy atom. The van der Waals surface area contributed by atoms with Crippen molar-refractivity contribution < 1.29 is 9.59 Å². The van der Waals surface area contributed by atoms with Gasteiger partial charge in [-0.15, -0.1) is 11.3 Å². The van der Waals surface area contributed by atoms with Crippen molar-refractivity contribution in [1.29, 1.82) is 0 Å². The molecule has 0 bridgehead atoms. The number of thiazole rings is 1. The standard InChI is InChI=1S/C24H28N4O2S/c1-17(2)28(3)15-20-12-8-7-11-19(20)14-25-22(29)13-21-16-31-24(26-21)27-23(30)18-9-5-4-6-10-18/h4-12,16-17H,13-15H2,1-3H3,(H,25,29)(H,26,27,30). The Morgan fingerprint density at radius 2 is 1.71 bits per heavy atom. The van der Waals surface area contributed by atoms with Crippen molar-refractivity contribution in [3.8, 4) is 0 Å². The Bertz CT molecular complexity index is 1020. The summed E-state index contributed by atoms with van der Waals surface area (Å²) in [5.74, 6) is -0.313. The molecule has 0 unspecified atom stereocenters. The van der Waals surface area contributed by atoms with Crippen LogP contribution in [-0.2, 0) is 24.3 Å². The third-order valence-corrected chi connectivity index (χ3v) is 5.85. The molecule has 1 heterocycles. The molecule has 162 valence electrons. The van der Waals surface area contributed by atoms with E-state index >= 15 is 0 Å². The molecule has 3 rings (SSSR count). The number of nitrogens with one attached hydrogen (secondary N) is 2. The number of aromatic nitrogens is 1. The van der Waals surface area contributed by atoms with Crippen LogP contribution in [0, 0.1) is 0 Å². The molecule has 0 radical (unpaired) electrons. The third kappa shape index (κ3) is 6.73. The number of nitrogens with zero attached hydrogens (tertiary/aromatic N) is 2.